The summed E-state index contributed by atoms with van der Waals surface area (Å²) in [6.45, 7) is 0.463. The number of nitrogens with zero attached hydrogens (tertiary/aromatic N) is 3. The van der Waals surface area contributed by atoms with Gasteiger partial charge in [-0.3, -0.25) is 0 Å². The number of fused-ring (bicyclic) bond motifs is 1. The van der Waals surface area contributed by atoms with Crippen LogP contribution in [0, 0.1) is 0 Å². The number of ether oxygens (including phenoxy) is 1. The van der Waals surface area contributed by atoms with Gasteiger partial charge in [0.15, 0.2) is 5.65 Å². The van der Waals surface area contributed by atoms with Gasteiger partial charge in [0.1, 0.15) is 18.2 Å². The van der Waals surface area contributed by atoms with Crippen LogP contribution in [0.5, 0.6) is 5.75 Å². The Kier molecular flexibility index (Phi) is 5.97. The maximum absolute atomic E-state index is 9.73. The van der Waals surface area contributed by atoms with Crippen molar-refractivity contribution in [2.45, 2.75) is 44.4 Å². The fraction of sp³-hybridized carbons (Fsp3) is 0.280. The molecule has 0 aliphatic heterocycles. The highest BCUT2D eigenvalue weighted by atomic mass is 35.5. The first kappa shape index (κ1) is 20.8. The second kappa shape index (κ2) is 9.18. The smallest absolute Gasteiger partial charge is 0.154 e. The molecule has 2 heterocycles. The molecule has 0 spiro atoms. The van der Waals surface area contributed by atoms with Crippen LogP contribution < -0.4 is 10.1 Å². The average Bonchev–Trinajstić information content (AvgIpc) is 3.24. The molecule has 0 unspecified atom stereocenters. The molecular weight excluding hydrogens is 424 g/mol. The lowest BCUT2D eigenvalue weighted by atomic mass is 9.93. The highest BCUT2D eigenvalue weighted by molar-refractivity contribution is 6.32. The van der Waals surface area contributed by atoms with E-state index in [1.165, 1.54) is 0 Å². The zero-order valence-corrected chi connectivity index (χ0v) is 18.4. The molecule has 0 radical (unpaired) electrons. The quantitative estimate of drug-likeness (QED) is 0.416. The van der Waals surface area contributed by atoms with E-state index >= 15 is 0 Å². The van der Waals surface area contributed by atoms with Crippen molar-refractivity contribution in [3.05, 3.63) is 77.4 Å². The highest BCUT2D eigenvalue weighted by Gasteiger charge is 2.20. The van der Waals surface area contributed by atoms with Crippen LogP contribution in [0.3, 0.4) is 0 Å². The Hall–Kier alpha value is -3.09. The molecule has 5 rings (SSSR count). The molecule has 1 aliphatic rings. The highest BCUT2D eigenvalue weighted by Crippen LogP contribution is 2.31. The lowest BCUT2D eigenvalue weighted by Crippen LogP contribution is -2.28. The molecule has 2 N–H and O–H groups in total. The molecule has 0 bridgehead atoms. The van der Waals surface area contributed by atoms with Crippen molar-refractivity contribution in [2.75, 3.05) is 5.32 Å². The van der Waals surface area contributed by atoms with E-state index < -0.39 is 0 Å². The van der Waals surface area contributed by atoms with Crippen LogP contribution in [0.15, 0.2) is 66.9 Å². The number of aliphatic hydroxyl groups is 1. The first-order valence-corrected chi connectivity index (χ1v) is 11.3. The van der Waals surface area contributed by atoms with Gasteiger partial charge in [-0.1, -0.05) is 41.9 Å². The fourth-order valence-corrected chi connectivity index (χ4v) is 4.32. The van der Waals surface area contributed by atoms with Gasteiger partial charge in [-0.2, -0.15) is 0 Å². The largest absolute Gasteiger partial charge is 0.487 e. The Morgan fingerprint density at radius 3 is 2.62 bits per heavy atom. The molecule has 1 saturated carbocycles. The summed E-state index contributed by atoms with van der Waals surface area (Å²) in [6, 6.07) is 20.0. The maximum Gasteiger partial charge on any atom is 0.154 e. The minimum absolute atomic E-state index is 0.173. The second-order valence-electron chi connectivity index (χ2n) is 8.20. The van der Waals surface area contributed by atoms with Crippen LogP contribution in [-0.4, -0.2) is 31.9 Å². The van der Waals surface area contributed by atoms with Crippen molar-refractivity contribution in [1.29, 1.82) is 0 Å². The summed E-state index contributed by atoms with van der Waals surface area (Å²) < 4.78 is 7.73. The van der Waals surface area contributed by atoms with E-state index in [0.717, 1.165) is 54.0 Å². The molecule has 6 nitrogen and oxygen atoms in total. The second-order valence-corrected chi connectivity index (χ2v) is 8.61. The van der Waals surface area contributed by atoms with Crippen LogP contribution in [-0.2, 0) is 6.61 Å². The number of imidazole rings is 1. The van der Waals surface area contributed by atoms with Crippen LogP contribution >= 0.6 is 11.6 Å². The van der Waals surface area contributed by atoms with Crippen LogP contribution in [0.4, 0.5) is 5.82 Å². The Bertz CT molecular complexity index is 1200. The number of hydrogen-bond donors (Lipinski definition) is 2. The van der Waals surface area contributed by atoms with E-state index in [-0.39, 0.29) is 6.10 Å². The third kappa shape index (κ3) is 4.56. The molecular formula is C25H25ClN4O2. The van der Waals surface area contributed by atoms with Gasteiger partial charge in [0, 0.05) is 11.6 Å². The number of benzene rings is 2. The van der Waals surface area contributed by atoms with Crippen molar-refractivity contribution >= 4 is 23.1 Å². The molecule has 2 aromatic carbocycles. The molecule has 1 fully saturated rings. The summed E-state index contributed by atoms with van der Waals surface area (Å²) in [5.74, 6) is 1.44. The van der Waals surface area contributed by atoms with Crippen molar-refractivity contribution in [3.63, 3.8) is 0 Å². The van der Waals surface area contributed by atoms with Gasteiger partial charge in [-0.05, 0) is 61.6 Å². The molecule has 1 aliphatic carbocycles. The SMILES string of the molecule is OC1CCC(Nc2ccc3ncc(-c4ccc(OCc5ccccc5)c(Cl)c4)n3n2)CC1. The van der Waals surface area contributed by atoms with E-state index in [0.29, 0.717) is 23.4 Å². The minimum Gasteiger partial charge on any atom is -0.487 e. The van der Waals surface area contributed by atoms with Gasteiger partial charge in [-0.25, -0.2) is 9.50 Å². The Balaban J connectivity index is 1.35. The molecule has 7 heteroatoms. The van der Waals surface area contributed by atoms with Crippen LogP contribution in [0.1, 0.15) is 31.2 Å². The normalized spacial score (nSPS) is 18.6. The number of hydrogen-bond acceptors (Lipinski definition) is 5. The summed E-state index contributed by atoms with van der Waals surface area (Å²) in [5, 5.41) is 18.5. The molecule has 0 amide bonds. The molecule has 0 saturated heterocycles. The first-order chi connectivity index (χ1) is 15.7. The van der Waals surface area contributed by atoms with Crippen LogP contribution in [0.2, 0.25) is 5.02 Å². The number of nitrogens with one attached hydrogen (secondary N) is 1. The predicted octanol–water partition coefficient (Wildman–Crippen LogP) is 5.34. The van der Waals surface area contributed by atoms with E-state index in [4.69, 9.17) is 21.4 Å². The topological polar surface area (TPSA) is 71.7 Å². The molecule has 0 atom stereocenters. The third-order valence-corrected chi connectivity index (χ3v) is 6.17. The summed E-state index contributed by atoms with van der Waals surface area (Å²) in [5.41, 5.74) is 3.63. The van der Waals surface area contributed by atoms with E-state index in [9.17, 15) is 5.11 Å². The van der Waals surface area contributed by atoms with E-state index in [1.807, 2.05) is 65.2 Å². The van der Waals surface area contributed by atoms with Gasteiger partial charge in [0.05, 0.1) is 23.0 Å². The van der Waals surface area contributed by atoms with Crippen molar-refractivity contribution in [2.24, 2.45) is 0 Å². The number of anilines is 1. The first-order valence-electron chi connectivity index (χ1n) is 10.9. The van der Waals surface area contributed by atoms with Gasteiger partial charge in [0.25, 0.3) is 0 Å². The Morgan fingerprint density at radius 2 is 1.84 bits per heavy atom. The minimum atomic E-state index is -0.173. The summed E-state index contributed by atoms with van der Waals surface area (Å²) >= 11 is 6.53. The number of aromatic nitrogens is 3. The zero-order chi connectivity index (χ0) is 21.9. The number of halogens is 1. The standard InChI is InChI=1S/C25H25ClN4O2/c26-21-14-18(6-11-23(21)32-16-17-4-2-1-3-5-17)22-15-27-25-13-12-24(29-30(22)25)28-19-7-9-20(31)10-8-19/h1-6,11-15,19-20,31H,7-10,16H2,(H,28,29). The third-order valence-electron chi connectivity index (χ3n) is 5.88. The van der Waals surface area contributed by atoms with Gasteiger partial charge >= 0.3 is 0 Å². The van der Waals surface area contributed by atoms with Gasteiger partial charge in [0.2, 0.25) is 0 Å². The van der Waals surface area contributed by atoms with E-state index in [2.05, 4.69) is 10.3 Å². The average molecular weight is 449 g/mol. The Morgan fingerprint density at radius 1 is 1.03 bits per heavy atom. The van der Waals surface area contributed by atoms with Gasteiger partial charge in [-0.15, -0.1) is 5.10 Å². The predicted molar refractivity (Wildman–Crippen MR) is 126 cm³/mol. The molecule has 32 heavy (non-hydrogen) atoms. The van der Waals surface area contributed by atoms with Crippen LogP contribution in [0.25, 0.3) is 16.9 Å². The van der Waals surface area contributed by atoms with Crippen molar-refractivity contribution in [3.8, 4) is 17.0 Å². The number of rotatable bonds is 6. The molecule has 2 aromatic heterocycles. The number of aliphatic hydroxyl groups excluding tert-OH is 1. The maximum atomic E-state index is 9.73. The fourth-order valence-electron chi connectivity index (χ4n) is 4.09. The van der Waals surface area contributed by atoms with E-state index in [1.54, 1.807) is 6.20 Å². The molecule has 164 valence electrons. The summed E-state index contributed by atoms with van der Waals surface area (Å²) in [7, 11) is 0. The monoisotopic (exact) mass is 448 g/mol. The summed E-state index contributed by atoms with van der Waals surface area (Å²) in [6.07, 6.45) is 5.17. The molecule has 4 aromatic rings. The summed E-state index contributed by atoms with van der Waals surface area (Å²) in [4.78, 5) is 4.49. The Labute approximate surface area is 191 Å². The lowest BCUT2D eigenvalue weighted by molar-refractivity contribution is 0.126. The van der Waals surface area contributed by atoms with Crippen molar-refractivity contribution < 1.29 is 9.84 Å². The van der Waals surface area contributed by atoms with Gasteiger partial charge < -0.3 is 15.2 Å². The lowest BCUT2D eigenvalue weighted by Gasteiger charge is -2.26. The zero-order valence-electron chi connectivity index (χ0n) is 17.6. The van der Waals surface area contributed by atoms with Crippen molar-refractivity contribution in [1.82, 2.24) is 14.6 Å².